The minimum Gasteiger partial charge on any atom is -0.468 e. The summed E-state index contributed by atoms with van der Waals surface area (Å²) >= 11 is 3.14. The van der Waals surface area contributed by atoms with Crippen molar-refractivity contribution in [3.8, 4) is 0 Å². The number of nitro groups is 1. The molecule has 0 aliphatic heterocycles. The Morgan fingerprint density at radius 1 is 1.59 bits per heavy atom. The molecule has 5 nitrogen and oxygen atoms in total. The van der Waals surface area contributed by atoms with E-state index in [4.69, 9.17) is 0 Å². The molecule has 0 N–H and O–H groups in total. The number of alkyl halides is 1. The van der Waals surface area contributed by atoms with Crippen molar-refractivity contribution >= 4 is 27.6 Å². The van der Waals surface area contributed by atoms with Gasteiger partial charge in [0.1, 0.15) is 4.83 Å². The van der Waals surface area contributed by atoms with Crippen LogP contribution >= 0.6 is 15.9 Å². The summed E-state index contributed by atoms with van der Waals surface area (Å²) in [6.45, 7) is 1.78. The van der Waals surface area contributed by atoms with Crippen LogP contribution in [0, 0.1) is 17.0 Å². The molecule has 1 unspecified atom stereocenters. The fourth-order valence-corrected chi connectivity index (χ4v) is 1.96. The summed E-state index contributed by atoms with van der Waals surface area (Å²) in [5.41, 5.74) is 1.34. The number of methoxy groups -OCH3 is 1. The summed E-state index contributed by atoms with van der Waals surface area (Å²) in [6, 6.07) is 4.93. The second-order valence-electron chi connectivity index (χ2n) is 3.58. The largest absolute Gasteiger partial charge is 0.468 e. The van der Waals surface area contributed by atoms with Crippen molar-refractivity contribution in [2.75, 3.05) is 7.11 Å². The number of carbonyl (C=O) groups excluding carboxylic acids is 1. The van der Waals surface area contributed by atoms with Crippen LogP contribution in [0.5, 0.6) is 0 Å². The van der Waals surface area contributed by atoms with Gasteiger partial charge in [0.2, 0.25) is 0 Å². The molecule has 0 saturated heterocycles. The number of hydrogen-bond acceptors (Lipinski definition) is 4. The smallest absolute Gasteiger partial charge is 0.319 e. The molecule has 1 aromatic rings. The first-order chi connectivity index (χ1) is 7.95. The fourth-order valence-electron chi connectivity index (χ4n) is 1.42. The van der Waals surface area contributed by atoms with E-state index in [1.54, 1.807) is 19.1 Å². The van der Waals surface area contributed by atoms with E-state index in [0.29, 0.717) is 5.56 Å². The summed E-state index contributed by atoms with van der Waals surface area (Å²) in [4.78, 5) is 21.1. The second-order valence-corrected chi connectivity index (χ2v) is 4.69. The Labute approximate surface area is 107 Å². The van der Waals surface area contributed by atoms with E-state index in [-0.39, 0.29) is 12.1 Å². The van der Waals surface area contributed by atoms with Crippen LogP contribution in [0.25, 0.3) is 0 Å². The highest BCUT2D eigenvalue weighted by atomic mass is 79.9. The van der Waals surface area contributed by atoms with E-state index < -0.39 is 15.7 Å². The van der Waals surface area contributed by atoms with Gasteiger partial charge in [-0.25, -0.2) is 0 Å². The SMILES string of the molecule is COC(=O)C(Br)Cc1ccc(C)cc1[N+](=O)[O-]. The fraction of sp³-hybridized carbons (Fsp3) is 0.364. The lowest BCUT2D eigenvalue weighted by molar-refractivity contribution is -0.385. The molecule has 0 saturated carbocycles. The minimum absolute atomic E-state index is 0.0263. The van der Waals surface area contributed by atoms with E-state index in [1.807, 2.05) is 0 Å². The van der Waals surface area contributed by atoms with E-state index in [1.165, 1.54) is 13.2 Å². The Bertz CT molecular complexity index is 447. The average molecular weight is 302 g/mol. The van der Waals surface area contributed by atoms with Crippen molar-refractivity contribution in [2.24, 2.45) is 0 Å². The number of benzene rings is 1. The lowest BCUT2D eigenvalue weighted by Gasteiger charge is -2.08. The van der Waals surface area contributed by atoms with Crippen LogP contribution in [0.3, 0.4) is 0 Å². The van der Waals surface area contributed by atoms with Crippen LogP contribution in [0.2, 0.25) is 0 Å². The van der Waals surface area contributed by atoms with Crippen LogP contribution in [0.4, 0.5) is 5.69 Å². The molecular weight excluding hydrogens is 290 g/mol. The molecule has 6 heteroatoms. The standard InChI is InChI=1S/C11H12BrNO4/c1-7-3-4-8(10(5-7)13(15)16)6-9(12)11(14)17-2/h3-5,9H,6H2,1-2H3. The molecule has 0 spiro atoms. The van der Waals surface area contributed by atoms with Crippen molar-refractivity contribution in [2.45, 2.75) is 18.2 Å². The van der Waals surface area contributed by atoms with Gasteiger partial charge in [-0.05, 0) is 12.5 Å². The molecule has 92 valence electrons. The molecule has 0 aliphatic rings. The van der Waals surface area contributed by atoms with Gasteiger partial charge >= 0.3 is 5.97 Å². The third kappa shape index (κ3) is 3.52. The number of rotatable bonds is 4. The van der Waals surface area contributed by atoms with Gasteiger partial charge in [0, 0.05) is 18.1 Å². The number of aryl methyl sites for hydroxylation is 1. The molecule has 0 heterocycles. The number of carbonyl (C=O) groups is 1. The van der Waals surface area contributed by atoms with Crippen LogP contribution in [0.1, 0.15) is 11.1 Å². The molecule has 0 amide bonds. The summed E-state index contributed by atoms with van der Waals surface area (Å²) in [5.74, 6) is -0.445. The molecule has 0 bridgehead atoms. The number of nitro benzene ring substituents is 1. The van der Waals surface area contributed by atoms with Gasteiger partial charge in [0.25, 0.3) is 5.69 Å². The number of esters is 1. The van der Waals surface area contributed by atoms with Crippen molar-refractivity contribution in [3.63, 3.8) is 0 Å². The molecule has 1 atom stereocenters. The summed E-state index contributed by atoms with van der Waals surface area (Å²) in [6.07, 6.45) is 0.225. The van der Waals surface area contributed by atoms with Gasteiger partial charge < -0.3 is 4.74 Å². The molecule has 17 heavy (non-hydrogen) atoms. The molecule has 0 fully saturated rings. The summed E-state index contributed by atoms with van der Waals surface area (Å²) in [5, 5.41) is 10.9. The van der Waals surface area contributed by atoms with Crippen LogP contribution in [-0.4, -0.2) is 22.8 Å². The number of nitrogens with zero attached hydrogens (tertiary/aromatic N) is 1. The maximum absolute atomic E-state index is 11.2. The molecule has 0 radical (unpaired) electrons. The van der Waals surface area contributed by atoms with Gasteiger partial charge in [-0.1, -0.05) is 28.1 Å². The van der Waals surface area contributed by atoms with Crippen LogP contribution < -0.4 is 0 Å². The van der Waals surface area contributed by atoms with Crippen molar-refractivity contribution in [1.29, 1.82) is 0 Å². The predicted octanol–water partition coefficient (Wildman–Crippen LogP) is 2.38. The number of ether oxygens (including phenoxy) is 1. The Hall–Kier alpha value is -1.43. The van der Waals surface area contributed by atoms with Gasteiger partial charge in [0.15, 0.2) is 0 Å². The Morgan fingerprint density at radius 2 is 2.24 bits per heavy atom. The van der Waals surface area contributed by atoms with Crippen LogP contribution in [0.15, 0.2) is 18.2 Å². The van der Waals surface area contributed by atoms with E-state index in [2.05, 4.69) is 20.7 Å². The third-order valence-corrected chi connectivity index (χ3v) is 2.99. The zero-order valence-electron chi connectivity index (χ0n) is 9.47. The monoisotopic (exact) mass is 301 g/mol. The van der Waals surface area contributed by atoms with Crippen molar-refractivity contribution in [3.05, 3.63) is 39.4 Å². The molecule has 1 aromatic carbocycles. The first-order valence-electron chi connectivity index (χ1n) is 4.91. The summed E-state index contributed by atoms with van der Waals surface area (Å²) in [7, 11) is 1.28. The van der Waals surface area contributed by atoms with Gasteiger partial charge in [-0.3, -0.25) is 14.9 Å². The normalized spacial score (nSPS) is 11.9. The zero-order chi connectivity index (χ0) is 13.0. The molecule has 0 aromatic heterocycles. The van der Waals surface area contributed by atoms with Gasteiger partial charge in [-0.15, -0.1) is 0 Å². The van der Waals surface area contributed by atoms with Crippen molar-refractivity contribution in [1.82, 2.24) is 0 Å². The zero-order valence-corrected chi connectivity index (χ0v) is 11.1. The first kappa shape index (κ1) is 13.6. The number of halogens is 1. The Kier molecular flexibility index (Phi) is 4.62. The molecular formula is C11H12BrNO4. The highest BCUT2D eigenvalue weighted by Crippen LogP contribution is 2.23. The summed E-state index contributed by atoms with van der Waals surface area (Å²) < 4.78 is 4.55. The lowest BCUT2D eigenvalue weighted by Crippen LogP contribution is -2.18. The Morgan fingerprint density at radius 3 is 2.76 bits per heavy atom. The molecule has 0 aliphatic carbocycles. The maximum Gasteiger partial charge on any atom is 0.319 e. The highest BCUT2D eigenvalue weighted by Gasteiger charge is 2.21. The van der Waals surface area contributed by atoms with E-state index in [0.717, 1.165) is 5.56 Å². The van der Waals surface area contributed by atoms with Crippen molar-refractivity contribution < 1.29 is 14.5 Å². The second kappa shape index (κ2) is 5.77. The minimum atomic E-state index is -0.575. The number of hydrogen-bond donors (Lipinski definition) is 0. The molecule has 1 rings (SSSR count). The topological polar surface area (TPSA) is 69.4 Å². The maximum atomic E-state index is 11.2. The average Bonchev–Trinajstić information content (AvgIpc) is 2.29. The first-order valence-corrected chi connectivity index (χ1v) is 5.83. The quantitative estimate of drug-likeness (QED) is 0.370. The lowest BCUT2D eigenvalue weighted by atomic mass is 10.1. The predicted molar refractivity (Wildman–Crippen MR) is 66.3 cm³/mol. The Balaban J connectivity index is 2.98. The highest BCUT2D eigenvalue weighted by molar-refractivity contribution is 9.10. The van der Waals surface area contributed by atoms with E-state index >= 15 is 0 Å². The van der Waals surface area contributed by atoms with E-state index in [9.17, 15) is 14.9 Å². The van der Waals surface area contributed by atoms with Gasteiger partial charge in [-0.2, -0.15) is 0 Å². The van der Waals surface area contributed by atoms with Crippen LogP contribution in [-0.2, 0) is 16.0 Å². The van der Waals surface area contributed by atoms with Gasteiger partial charge in [0.05, 0.1) is 12.0 Å². The third-order valence-electron chi connectivity index (χ3n) is 2.29.